The Morgan fingerprint density at radius 3 is 2.72 bits per heavy atom. The lowest BCUT2D eigenvalue weighted by Crippen LogP contribution is -2.41. The second-order valence-electron chi connectivity index (χ2n) is 5.81. The lowest BCUT2D eigenvalue weighted by molar-refractivity contribution is 0.122. The van der Waals surface area contributed by atoms with Crippen molar-refractivity contribution in [2.24, 2.45) is 10.9 Å². The van der Waals surface area contributed by atoms with Crippen molar-refractivity contribution in [3.63, 3.8) is 0 Å². The Kier molecular flexibility index (Phi) is 4.96. The Labute approximate surface area is 115 Å². The van der Waals surface area contributed by atoms with E-state index in [0.29, 0.717) is 11.5 Å². The number of aliphatic imine (C=N–C) groups is 1. The van der Waals surface area contributed by atoms with Crippen LogP contribution in [0.5, 0.6) is 0 Å². The first-order valence-electron chi connectivity index (χ1n) is 7.22. The standard InChI is InChI=1S/C14H26N2OS/c1-4-17-9-12(11(2)3)15-13-16-14(10-18-13)7-5-6-8-14/h11-12H,4-10H2,1-3H3,(H,15,16). The maximum absolute atomic E-state index is 5.54. The Morgan fingerprint density at radius 1 is 1.39 bits per heavy atom. The van der Waals surface area contributed by atoms with Crippen molar-refractivity contribution in [1.82, 2.24) is 5.32 Å². The maximum atomic E-state index is 5.54. The van der Waals surface area contributed by atoms with Gasteiger partial charge in [-0.05, 0) is 25.7 Å². The van der Waals surface area contributed by atoms with E-state index in [9.17, 15) is 0 Å². The molecule has 2 rings (SSSR count). The van der Waals surface area contributed by atoms with Crippen LogP contribution in [0.2, 0.25) is 0 Å². The lowest BCUT2D eigenvalue weighted by atomic mass is 10.0. The fourth-order valence-corrected chi connectivity index (χ4v) is 3.94. The molecule has 1 spiro atoms. The summed E-state index contributed by atoms with van der Waals surface area (Å²) in [5.74, 6) is 1.73. The van der Waals surface area contributed by atoms with Crippen LogP contribution in [0.15, 0.2) is 4.99 Å². The first-order valence-corrected chi connectivity index (χ1v) is 8.20. The molecular formula is C14H26N2OS. The third kappa shape index (κ3) is 3.41. The van der Waals surface area contributed by atoms with Crippen LogP contribution >= 0.6 is 11.8 Å². The summed E-state index contributed by atoms with van der Waals surface area (Å²) in [6, 6.07) is 0.288. The first-order chi connectivity index (χ1) is 8.65. The number of thioether (sulfide) groups is 1. The third-order valence-electron chi connectivity index (χ3n) is 3.96. The minimum Gasteiger partial charge on any atom is -0.380 e. The molecule has 0 amide bonds. The van der Waals surface area contributed by atoms with E-state index in [4.69, 9.17) is 9.73 Å². The smallest absolute Gasteiger partial charge is 0.157 e. The molecule has 1 heterocycles. The van der Waals surface area contributed by atoms with E-state index in [2.05, 4.69) is 19.2 Å². The fraction of sp³-hybridized carbons (Fsp3) is 0.929. The maximum Gasteiger partial charge on any atom is 0.157 e. The topological polar surface area (TPSA) is 33.6 Å². The predicted octanol–water partition coefficient (Wildman–Crippen LogP) is 3.05. The second-order valence-corrected chi connectivity index (χ2v) is 6.77. The van der Waals surface area contributed by atoms with E-state index >= 15 is 0 Å². The van der Waals surface area contributed by atoms with Gasteiger partial charge in [-0.2, -0.15) is 0 Å². The molecule has 104 valence electrons. The Morgan fingerprint density at radius 2 is 2.11 bits per heavy atom. The lowest BCUT2D eigenvalue weighted by Gasteiger charge is -2.22. The van der Waals surface area contributed by atoms with Gasteiger partial charge in [0.05, 0.1) is 12.6 Å². The predicted molar refractivity (Wildman–Crippen MR) is 79.3 cm³/mol. The van der Waals surface area contributed by atoms with Gasteiger partial charge in [0, 0.05) is 17.9 Å². The molecule has 1 saturated heterocycles. The number of amidine groups is 1. The molecule has 1 unspecified atom stereocenters. The molecule has 0 aromatic carbocycles. The van der Waals surface area contributed by atoms with Crippen LogP contribution in [-0.4, -0.2) is 35.7 Å². The molecule has 1 atom stereocenters. The summed E-state index contributed by atoms with van der Waals surface area (Å²) >= 11 is 1.90. The van der Waals surface area contributed by atoms with Gasteiger partial charge in [-0.25, -0.2) is 0 Å². The van der Waals surface area contributed by atoms with Crippen LogP contribution in [0.1, 0.15) is 46.5 Å². The summed E-state index contributed by atoms with van der Waals surface area (Å²) in [7, 11) is 0. The molecule has 2 fully saturated rings. The summed E-state index contributed by atoms with van der Waals surface area (Å²) in [5, 5.41) is 4.83. The van der Waals surface area contributed by atoms with Crippen LogP contribution in [0, 0.1) is 5.92 Å². The zero-order valence-electron chi connectivity index (χ0n) is 11.9. The molecule has 0 aromatic rings. The average molecular weight is 270 g/mol. The van der Waals surface area contributed by atoms with Gasteiger partial charge in [-0.3, -0.25) is 4.99 Å². The Balaban J connectivity index is 1.94. The van der Waals surface area contributed by atoms with E-state index in [1.54, 1.807) is 0 Å². The minimum atomic E-state index is 0.288. The van der Waals surface area contributed by atoms with E-state index < -0.39 is 0 Å². The Bertz CT molecular complexity index is 298. The monoisotopic (exact) mass is 270 g/mol. The van der Waals surface area contributed by atoms with Crippen LogP contribution in [0.4, 0.5) is 0 Å². The molecule has 1 N–H and O–H groups in total. The van der Waals surface area contributed by atoms with Crippen molar-refractivity contribution < 1.29 is 4.74 Å². The molecule has 0 radical (unpaired) electrons. The van der Waals surface area contributed by atoms with E-state index in [1.807, 2.05) is 18.7 Å². The van der Waals surface area contributed by atoms with Crippen molar-refractivity contribution >= 4 is 16.9 Å². The van der Waals surface area contributed by atoms with Crippen molar-refractivity contribution in [2.45, 2.75) is 58.0 Å². The van der Waals surface area contributed by atoms with Crippen LogP contribution in [-0.2, 0) is 4.74 Å². The van der Waals surface area contributed by atoms with Gasteiger partial charge in [-0.1, -0.05) is 38.5 Å². The number of rotatable bonds is 5. The number of hydrogen-bond donors (Lipinski definition) is 1. The van der Waals surface area contributed by atoms with Crippen molar-refractivity contribution in [1.29, 1.82) is 0 Å². The number of nitrogens with one attached hydrogen (secondary N) is 1. The Hall–Kier alpha value is -0.220. The molecule has 0 bridgehead atoms. The van der Waals surface area contributed by atoms with Crippen molar-refractivity contribution in [3.8, 4) is 0 Å². The molecule has 2 aliphatic rings. The molecule has 1 saturated carbocycles. The SMILES string of the molecule is CCOCC(N=C1NC2(CCCC2)CS1)C(C)C. The molecule has 3 nitrogen and oxygen atoms in total. The molecule has 1 aliphatic heterocycles. The summed E-state index contributed by atoms with van der Waals surface area (Å²) in [6.45, 7) is 8.00. The highest BCUT2D eigenvalue weighted by Gasteiger charge is 2.39. The quantitative estimate of drug-likeness (QED) is 0.833. The van der Waals surface area contributed by atoms with Crippen LogP contribution in [0.25, 0.3) is 0 Å². The summed E-state index contributed by atoms with van der Waals surface area (Å²) in [5.41, 5.74) is 0.372. The van der Waals surface area contributed by atoms with Crippen LogP contribution in [0.3, 0.4) is 0 Å². The number of ether oxygens (including phenoxy) is 1. The zero-order valence-corrected chi connectivity index (χ0v) is 12.7. The van der Waals surface area contributed by atoms with E-state index in [-0.39, 0.29) is 6.04 Å². The first kappa shape index (κ1) is 14.2. The van der Waals surface area contributed by atoms with Gasteiger partial charge in [0.25, 0.3) is 0 Å². The molecule has 0 aromatic heterocycles. The van der Waals surface area contributed by atoms with Gasteiger partial charge in [0.15, 0.2) is 5.17 Å². The molecular weight excluding hydrogens is 244 g/mol. The zero-order chi connectivity index (χ0) is 13.0. The normalized spacial score (nSPS) is 26.1. The van der Waals surface area contributed by atoms with Gasteiger partial charge in [0.2, 0.25) is 0 Å². The van der Waals surface area contributed by atoms with E-state index in [0.717, 1.165) is 18.4 Å². The minimum absolute atomic E-state index is 0.288. The molecule has 4 heteroatoms. The highest BCUT2D eigenvalue weighted by molar-refractivity contribution is 8.14. The largest absolute Gasteiger partial charge is 0.380 e. The third-order valence-corrected chi connectivity index (χ3v) is 5.14. The summed E-state index contributed by atoms with van der Waals surface area (Å²) in [6.07, 6.45) is 5.37. The summed E-state index contributed by atoms with van der Waals surface area (Å²) < 4.78 is 5.54. The van der Waals surface area contributed by atoms with Gasteiger partial charge >= 0.3 is 0 Å². The average Bonchev–Trinajstić information content (AvgIpc) is 2.95. The van der Waals surface area contributed by atoms with Gasteiger partial charge in [-0.15, -0.1) is 0 Å². The van der Waals surface area contributed by atoms with E-state index in [1.165, 1.54) is 31.4 Å². The van der Waals surface area contributed by atoms with Gasteiger partial charge < -0.3 is 10.1 Å². The number of nitrogens with zero attached hydrogens (tertiary/aromatic N) is 1. The van der Waals surface area contributed by atoms with Crippen molar-refractivity contribution in [3.05, 3.63) is 0 Å². The number of hydrogen-bond acceptors (Lipinski definition) is 3. The molecule has 18 heavy (non-hydrogen) atoms. The highest BCUT2D eigenvalue weighted by atomic mass is 32.2. The fourth-order valence-electron chi connectivity index (χ4n) is 2.66. The summed E-state index contributed by atoms with van der Waals surface area (Å²) in [4.78, 5) is 4.88. The molecule has 1 aliphatic carbocycles. The highest BCUT2D eigenvalue weighted by Crippen LogP contribution is 2.37. The van der Waals surface area contributed by atoms with Gasteiger partial charge in [0.1, 0.15) is 0 Å². The van der Waals surface area contributed by atoms with Crippen molar-refractivity contribution in [2.75, 3.05) is 19.0 Å². The van der Waals surface area contributed by atoms with Crippen LogP contribution < -0.4 is 5.32 Å². The second kappa shape index (κ2) is 6.29.